The van der Waals surface area contributed by atoms with Crippen LogP contribution in [0.25, 0.3) is 0 Å². The first-order valence-electron chi connectivity index (χ1n) is 6.27. The van der Waals surface area contributed by atoms with Crippen molar-refractivity contribution < 1.29 is 14.3 Å². The van der Waals surface area contributed by atoms with Crippen LogP contribution in [0.4, 0.5) is 0 Å². The quantitative estimate of drug-likeness (QED) is 0.701. The average Bonchev–Trinajstić information content (AvgIpc) is 2.29. The molecule has 16 heavy (non-hydrogen) atoms. The molecule has 0 bridgehead atoms. The molecule has 0 radical (unpaired) electrons. The molecule has 1 fully saturated rings. The van der Waals surface area contributed by atoms with E-state index in [-0.39, 0.29) is 5.78 Å². The van der Waals surface area contributed by atoms with Gasteiger partial charge in [-0.3, -0.25) is 4.79 Å². The van der Waals surface area contributed by atoms with Gasteiger partial charge in [-0.25, -0.2) is 0 Å². The minimum Gasteiger partial charge on any atom is -0.381 e. The van der Waals surface area contributed by atoms with Crippen LogP contribution in [0.1, 0.15) is 46.0 Å². The molecule has 0 aromatic carbocycles. The first kappa shape index (κ1) is 13.7. The molecule has 0 aromatic heterocycles. The number of hydrogen-bond donors (Lipinski definition) is 0. The minimum absolute atomic E-state index is 0.263. The van der Waals surface area contributed by atoms with Gasteiger partial charge in [-0.1, -0.05) is 20.3 Å². The van der Waals surface area contributed by atoms with Crippen LogP contribution in [0, 0.1) is 5.92 Å². The lowest BCUT2D eigenvalue weighted by Gasteiger charge is -2.34. The predicted octanol–water partition coefficient (Wildman–Crippen LogP) is 2.58. The first-order valence-corrected chi connectivity index (χ1v) is 6.27. The van der Waals surface area contributed by atoms with Crippen molar-refractivity contribution in [3.8, 4) is 0 Å². The van der Waals surface area contributed by atoms with Gasteiger partial charge in [-0.2, -0.15) is 0 Å². The number of hydrogen-bond acceptors (Lipinski definition) is 3. The van der Waals surface area contributed by atoms with Gasteiger partial charge in [-0.05, 0) is 12.3 Å². The molecule has 1 aliphatic rings. The van der Waals surface area contributed by atoms with Crippen LogP contribution in [0.3, 0.4) is 0 Å². The Morgan fingerprint density at radius 2 is 2.00 bits per heavy atom. The summed E-state index contributed by atoms with van der Waals surface area (Å²) in [6.45, 7) is 5.66. The Hall–Kier alpha value is -0.410. The van der Waals surface area contributed by atoms with Gasteiger partial charge >= 0.3 is 0 Å². The smallest absolute Gasteiger partial charge is 0.164 e. The Morgan fingerprint density at radius 3 is 2.50 bits per heavy atom. The van der Waals surface area contributed by atoms with E-state index < -0.39 is 5.60 Å². The number of Topliss-reactive ketones (excluding diaryl/α,β-unsaturated/α-hetero) is 1. The highest BCUT2D eigenvalue weighted by atomic mass is 16.5. The van der Waals surface area contributed by atoms with Gasteiger partial charge in [0.1, 0.15) is 5.60 Å². The summed E-state index contributed by atoms with van der Waals surface area (Å²) in [5, 5.41) is 0. The second-order valence-corrected chi connectivity index (χ2v) is 5.02. The molecule has 0 N–H and O–H groups in total. The van der Waals surface area contributed by atoms with Crippen molar-refractivity contribution in [2.24, 2.45) is 5.92 Å². The van der Waals surface area contributed by atoms with E-state index in [1.54, 1.807) is 7.11 Å². The minimum atomic E-state index is -0.546. The van der Waals surface area contributed by atoms with E-state index in [0.29, 0.717) is 38.4 Å². The Kier molecular flexibility index (Phi) is 5.42. The Morgan fingerprint density at radius 1 is 1.38 bits per heavy atom. The highest BCUT2D eigenvalue weighted by Gasteiger charge is 2.39. The molecule has 1 rings (SSSR count). The van der Waals surface area contributed by atoms with Crippen molar-refractivity contribution >= 4 is 5.78 Å². The third-order valence-electron chi connectivity index (χ3n) is 3.38. The molecule has 0 amide bonds. The normalized spacial score (nSPS) is 20.0. The average molecular weight is 228 g/mol. The van der Waals surface area contributed by atoms with Crippen LogP contribution >= 0.6 is 0 Å². The van der Waals surface area contributed by atoms with E-state index >= 15 is 0 Å². The first-order chi connectivity index (χ1) is 7.60. The van der Waals surface area contributed by atoms with Crippen molar-refractivity contribution in [2.75, 3.05) is 20.3 Å². The van der Waals surface area contributed by atoms with E-state index in [0.717, 1.165) is 12.8 Å². The molecule has 1 heterocycles. The Labute approximate surface area is 98.5 Å². The van der Waals surface area contributed by atoms with Crippen LogP contribution in [-0.4, -0.2) is 31.7 Å². The van der Waals surface area contributed by atoms with Gasteiger partial charge in [0.2, 0.25) is 0 Å². The van der Waals surface area contributed by atoms with Gasteiger partial charge in [-0.15, -0.1) is 0 Å². The highest BCUT2D eigenvalue weighted by molar-refractivity contribution is 5.87. The summed E-state index contributed by atoms with van der Waals surface area (Å²) in [6, 6.07) is 0. The molecule has 94 valence electrons. The molecule has 0 spiro atoms. The molecule has 0 atom stereocenters. The van der Waals surface area contributed by atoms with Crippen LogP contribution in [-0.2, 0) is 14.3 Å². The summed E-state index contributed by atoms with van der Waals surface area (Å²) in [7, 11) is 1.64. The highest BCUT2D eigenvalue weighted by Crippen LogP contribution is 2.27. The molecule has 0 aliphatic carbocycles. The van der Waals surface area contributed by atoms with Gasteiger partial charge < -0.3 is 9.47 Å². The third kappa shape index (κ3) is 3.56. The van der Waals surface area contributed by atoms with E-state index in [1.807, 2.05) is 0 Å². The molecule has 0 unspecified atom stereocenters. The SMILES string of the molecule is COC1(C(=O)CCCC(C)C)CCOCC1. The lowest BCUT2D eigenvalue weighted by molar-refractivity contribution is -0.152. The summed E-state index contributed by atoms with van der Waals surface area (Å²) in [4.78, 5) is 12.2. The standard InChI is InChI=1S/C13H24O3/c1-11(2)5-4-6-12(14)13(15-3)7-9-16-10-8-13/h11H,4-10H2,1-3H3. The predicted molar refractivity (Wildman–Crippen MR) is 63.5 cm³/mol. The van der Waals surface area contributed by atoms with E-state index in [2.05, 4.69) is 13.8 Å². The summed E-state index contributed by atoms with van der Waals surface area (Å²) >= 11 is 0. The van der Waals surface area contributed by atoms with Crippen LogP contribution in [0.15, 0.2) is 0 Å². The second-order valence-electron chi connectivity index (χ2n) is 5.02. The monoisotopic (exact) mass is 228 g/mol. The Bertz CT molecular complexity index is 217. The molecule has 0 saturated carbocycles. The van der Waals surface area contributed by atoms with Crippen LogP contribution < -0.4 is 0 Å². The molecule has 3 heteroatoms. The largest absolute Gasteiger partial charge is 0.381 e. The Balaban J connectivity index is 2.42. The molecule has 1 saturated heterocycles. The number of ketones is 1. The van der Waals surface area contributed by atoms with E-state index in [1.165, 1.54) is 0 Å². The van der Waals surface area contributed by atoms with Gasteiger partial charge in [0.05, 0.1) is 0 Å². The molecular weight excluding hydrogens is 204 g/mol. The van der Waals surface area contributed by atoms with Crippen molar-refractivity contribution in [1.82, 2.24) is 0 Å². The van der Waals surface area contributed by atoms with E-state index in [4.69, 9.17) is 9.47 Å². The maximum atomic E-state index is 12.2. The summed E-state index contributed by atoms with van der Waals surface area (Å²) in [5.41, 5.74) is -0.546. The van der Waals surface area contributed by atoms with Crippen LogP contribution in [0.2, 0.25) is 0 Å². The van der Waals surface area contributed by atoms with Gasteiger partial charge in [0, 0.05) is 39.6 Å². The lowest BCUT2D eigenvalue weighted by Crippen LogP contribution is -2.45. The fraction of sp³-hybridized carbons (Fsp3) is 0.923. The molecular formula is C13H24O3. The zero-order chi connectivity index (χ0) is 12.0. The van der Waals surface area contributed by atoms with Crippen LogP contribution in [0.5, 0.6) is 0 Å². The fourth-order valence-electron chi connectivity index (χ4n) is 2.20. The zero-order valence-corrected chi connectivity index (χ0v) is 10.8. The summed E-state index contributed by atoms with van der Waals surface area (Å²) in [5.74, 6) is 0.930. The summed E-state index contributed by atoms with van der Waals surface area (Å²) < 4.78 is 10.8. The van der Waals surface area contributed by atoms with Crippen molar-refractivity contribution in [3.63, 3.8) is 0 Å². The fourth-order valence-corrected chi connectivity index (χ4v) is 2.20. The molecule has 0 aromatic rings. The van der Waals surface area contributed by atoms with Gasteiger partial charge in [0.25, 0.3) is 0 Å². The number of methoxy groups -OCH3 is 1. The zero-order valence-electron chi connectivity index (χ0n) is 10.8. The molecule has 3 nitrogen and oxygen atoms in total. The maximum Gasteiger partial charge on any atom is 0.164 e. The second kappa shape index (κ2) is 6.36. The maximum absolute atomic E-state index is 12.2. The number of rotatable bonds is 6. The number of carbonyl (C=O) groups is 1. The van der Waals surface area contributed by atoms with E-state index in [9.17, 15) is 4.79 Å². The van der Waals surface area contributed by atoms with Gasteiger partial charge in [0.15, 0.2) is 5.78 Å². The molecule has 1 aliphatic heterocycles. The third-order valence-corrected chi connectivity index (χ3v) is 3.38. The van der Waals surface area contributed by atoms with Crippen molar-refractivity contribution in [1.29, 1.82) is 0 Å². The van der Waals surface area contributed by atoms with Crippen molar-refractivity contribution in [2.45, 2.75) is 51.6 Å². The summed E-state index contributed by atoms with van der Waals surface area (Å²) in [6.07, 6.45) is 4.16. The number of ether oxygens (including phenoxy) is 2. The lowest BCUT2D eigenvalue weighted by atomic mass is 9.86. The number of carbonyl (C=O) groups excluding carboxylic acids is 1. The van der Waals surface area contributed by atoms with Crippen molar-refractivity contribution in [3.05, 3.63) is 0 Å². The topological polar surface area (TPSA) is 35.5 Å².